The number of nitrogens with one attached hydrogen (secondary N) is 1. The van der Waals surface area contributed by atoms with Crippen LogP contribution >= 0.6 is 11.3 Å². The maximum atomic E-state index is 14.0. The van der Waals surface area contributed by atoms with Crippen LogP contribution in [-0.4, -0.2) is 36.2 Å². The van der Waals surface area contributed by atoms with E-state index in [1.54, 1.807) is 36.4 Å². The molecule has 0 saturated heterocycles. The summed E-state index contributed by atoms with van der Waals surface area (Å²) in [6.45, 7) is 0. The molecule has 0 radical (unpaired) electrons. The van der Waals surface area contributed by atoms with Gasteiger partial charge in [0.2, 0.25) is 0 Å². The van der Waals surface area contributed by atoms with Crippen LogP contribution in [0.1, 0.15) is 28.5 Å². The van der Waals surface area contributed by atoms with Gasteiger partial charge in [0, 0.05) is 16.5 Å². The number of halogens is 1. The fraction of sp³-hybridized carbons (Fsp3) is 0.190. The highest BCUT2D eigenvalue weighted by Gasteiger charge is 2.25. The van der Waals surface area contributed by atoms with Crippen molar-refractivity contribution in [3.63, 3.8) is 0 Å². The summed E-state index contributed by atoms with van der Waals surface area (Å²) < 4.78 is 24.6. The molecule has 1 heterocycles. The minimum Gasteiger partial charge on any atom is -0.493 e. The minimum atomic E-state index is -1.10. The van der Waals surface area contributed by atoms with Gasteiger partial charge in [-0.2, -0.15) is 0 Å². The van der Waals surface area contributed by atoms with Crippen LogP contribution < -0.4 is 14.8 Å². The Morgan fingerprint density at radius 1 is 1.17 bits per heavy atom. The fourth-order valence-corrected chi connectivity index (χ4v) is 3.79. The Morgan fingerprint density at radius 3 is 2.60 bits per heavy atom. The van der Waals surface area contributed by atoms with Crippen molar-refractivity contribution in [2.45, 2.75) is 12.5 Å². The van der Waals surface area contributed by atoms with E-state index in [4.69, 9.17) is 9.47 Å². The average Bonchev–Trinajstić information content (AvgIpc) is 3.22. The second-order valence-electron chi connectivity index (χ2n) is 6.22. The molecule has 30 heavy (non-hydrogen) atoms. The summed E-state index contributed by atoms with van der Waals surface area (Å²) in [7, 11) is 2.90. The number of hydrogen-bond acceptors (Lipinski definition) is 6. The van der Waals surface area contributed by atoms with Crippen molar-refractivity contribution in [3.05, 3.63) is 64.9 Å². The van der Waals surface area contributed by atoms with E-state index in [2.05, 4.69) is 10.3 Å². The summed E-state index contributed by atoms with van der Waals surface area (Å²) in [6, 6.07) is 10.2. The van der Waals surface area contributed by atoms with E-state index in [0.29, 0.717) is 22.1 Å². The van der Waals surface area contributed by atoms with Crippen molar-refractivity contribution in [3.8, 4) is 22.1 Å². The molecule has 1 atom stereocenters. The van der Waals surface area contributed by atoms with Gasteiger partial charge in [0.05, 0.1) is 26.7 Å². The first-order valence-electron chi connectivity index (χ1n) is 8.88. The van der Waals surface area contributed by atoms with Gasteiger partial charge >= 0.3 is 5.97 Å². The molecule has 0 unspecified atom stereocenters. The lowest BCUT2D eigenvalue weighted by molar-refractivity contribution is -0.137. The second kappa shape index (κ2) is 9.36. The van der Waals surface area contributed by atoms with Crippen molar-refractivity contribution in [2.75, 3.05) is 14.2 Å². The molecule has 2 aromatic carbocycles. The van der Waals surface area contributed by atoms with E-state index < -0.39 is 23.7 Å². The van der Waals surface area contributed by atoms with Gasteiger partial charge in [-0.1, -0.05) is 24.3 Å². The normalized spacial score (nSPS) is 11.6. The quantitative estimate of drug-likeness (QED) is 0.562. The number of carboxylic acids is 1. The SMILES string of the molecule is COc1cccc([C@H](CC(=O)O)NC(=O)c2csc(-c3ccccc3F)n2)c1OC. The Bertz CT molecular complexity index is 1070. The van der Waals surface area contributed by atoms with Crippen LogP contribution in [0.15, 0.2) is 47.8 Å². The van der Waals surface area contributed by atoms with E-state index in [0.717, 1.165) is 11.3 Å². The number of rotatable bonds is 8. The molecule has 0 aliphatic rings. The monoisotopic (exact) mass is 430 g/mol. The Kier molecular flexibility index (Phi) is 6.63. The molecule has 0 saturated carbocycles. The van der Waals surface area contributed by atoms with Gasteiger partial charge in [-0.15, -0.1) is 11.3 Å². The van der Waals surface area contributed by atoms with Gasteiger partial charge < -0.3 is 19.9 Å². The molecule has 0 aliphatic carbocycles. The Morgan fingerprint density at radius 2 is 1.93 bits per heavy atom. The molecule has 2 N–H and O–H groups in total. The standard InChI is InChI=1S/C21H19FN2O5S/c1-28-17-9-5-7-13(19(17)29-2)15(10-18(25)26)23-20(27)16-11-30-21(24-16)12-6-3-4-8-14(12)22/h3-9,11,15H,10H2,1-2H3,(H,23,27)(H,25,26)/t15-/m0/s1. The smallest absolute Gasteiger partial charge is 0.305 e. The van der Waals surface area contributed by atoms with Crippen LogP contribution in [-0.2, 0) is 4.79 Å². The molecular formula is C21H19FN2O5S. The maximum absolute atomic E-state index is 14.0. The van der Waals surface area contributed by atoms with Crippen molar-refractivity contribution in [2.24, 2.45) is 0 Å². The maximum Gasteiger partial charge on any atom is 0.305 e. The molecule has 0 spiro atoms. The number of carboxylic acid groups (broad SMARTS) is 1. The summed E-state index contributed by atoms with van der Waals surface area (Å²) >= 11 is 1.12. The predicted octanol–water partition coefficient (Wildman–Crippen LogP) is 3.91. The number of carbonyl (C=O) groups excluding carboxylic acids is 1. The lowest BCUT2D eigenvalue weighted by Gasteiger charge is -2.21. The summed E-state index contributed by atoms with van der Waals surface area (Å²) in [5.74, 6) is -1.38. The minimum absolute atomic E-state index is 0.0653. The number of carbonyl (C=O) groups is 2. The lowest BCUT2D eigenvalue weighted by Crippen LogP contribution is -2.30. The van der Waals surface area contributed by atoms with Crippen molar-refractivity contribution < 1.29 is 28.6 Å². The lowest BCUT2D eigenvalue weighted by atomic mass is 10.0. The summed E-state index contributed by atoms with van der Waals surface area (Å²) in [5, 5.41) is 13.9. The first-order valence-corrected chi connectivity index (χ1v) is 9.76. The van der Waals surface area contributed by atoms with E-state index >= 15 is 0 Å². The predicted molar refractivity (Wildman–Crippen MR) is 110 cm³/mol. The molecule has 0 aliphatic heterocycles. The first kappa shape index (κ1) is 21.3. The molecule has 7 nitrogen and oxygen atoms in total. The topological polar surface area (TPSA) is 97.8 Å². The number of ether oxygens (including phenoxy) is 2. The number of nitrogens with zero attached hydrogens (tertiary/aromatic N) is 1. The number of thiazole rings is 1. The van der Waals surface area contributed by atoms with Crippen LogP contribution in [0.2, 0.25) is 0 Å². The third kappa shape index (κ3) is 4.57. The Hall–Kier alpha value is -3.46. The zero-order chi connectivity index (χ0) is 21.7. The molecule has 156 valence electrons. The van der Waals surface area contributed by atoms with Crippen LogP contribution in [0.4, 0.5) is 4.39 Å². The van der Waals surface area contributed by atoms with Gasteiger partial charge in [-0.3, -0.25) is 9.59 Å². The van der Waals surface area contributed by atoms with Crippen LogP contribution in [0.25, 0.3) is 10.6 Å². The van der Waals surface area contributed by atoms with Crippen molar-refractivity contribution in [1.82, 2.24) is 10.3 Å². The van der Waals surface area contributed by atoms with Gasteiger partial charge in [-0.25, -0.2) is 9.37 Å². The molecular weight excluding hydrogens is 411 g/mol. The molecule has 3 aromatic rings. The fourth-order valence-electron chi connectivity index (χ4n) is 2.97. The number of aromatic nitrogens is 1. The van der Waals surface area contributed by atoms with Gasteiger partial charge in [-0.05, 0) is 18.2 Å². The number of aliphatic carboxylic acids is 1. The summed E-state index contributed by atoms with van der Waals surface area (Å²) in [5.41, 5.74) is 0.811. The van der Waals surface area contributed by atoms with Crippen molar-refractivity contribution >= 4 is 23.2 Å². The van der Waals surface area contributed by atoms with Crippen LogP contribution in [0, 0.1) is 5.82 Å². The number of para-hydroxylation sites is 1. The molecule has 0 fully saturated rings. The number of hydrogen-bond donors (Lipinski definition) is 2. The van der Waals surface area contributed by atoms with Gasteiger partial charge in [0.15, 0.2) is 11.5 Å². The summed E-state index contributed by atoms with van der Waals surface area (Å²) in [6.07, 6.45) is -0.375. The Labute approximate surface area is 176 Å². The third-order valence-electron chi connectivity index (χ3n) is 4.33. The van der Waals surface area contributed by atoms with E-state index in [1.807, 2.05) is 0 Å². The van der Waals surface area contributed by atoms with E-state index in [9.17, 15) is 19.1 Å². The number of amides is 1. The largest absolute Gasteiger partial charge is 0.493 e. The van der Waals surface area contributed by atoms with Crippen LogP contribution in [0.3, 0.4) is 0 Å². The number of methoxy groups -OCH3 is 2. The molecule has 1 aromatic heterocycles. The third-order valence-corrected chi connectivity index (χ3v) is 5.21. The molecule has 3 rings (SSSR count). The zero-order valence-electron chi connectivity index (χ0n) is 16.2. The second-order valence-corrected chi connectivity index (χ2v) is 7.08. The highest BCUT2D eigenvalue weighted by Crippen LogP contribution is 2.36. The highest BCUT2D eigenvalue weighted by atomic mass is 32.1. The van der Waals surface area contributed by atoms with E-state index in [-0.39, 0.29) is 17.7 Å². The number of benzene rings is 2. The van der Waals surface area contributed by atoms with Gasteiger partial charge in [0.25, 0.3) is 5.91 Å². The Balaban J connectivity index is 1.89. The molecule has 0 bridgehead atoms. The summed E-state index contributed by atoms with van der Waals surface area (Å²) in [4.78, 5) is 28.4. The first-order chi connectivity index (χ1) is 14.4. The van der Waals surface area contributed by atoms with E-state index in [1.165, 1.54) is 25.7 Å². The van der Waals surface area contributed by atoms with Gasteiger partial charge in [0.1, 0.15) is 16.5 Å². The highest BCUT2D eigenvalue weighted by molar-refractivity contribution is 7.13. The molecule has 9 heteroatoms. The van der Waals surface area contributed by atoms with Crippen molar-refractivity contribution in [1.29, 1.82) is 0 Å². The average molecular weight is 430 g/mol. The molecule has 1 amide bonds. The zero-order valence-corrected chi connectivity index (χ0v) is 17.0. The van der Waals surface area contributed by atoms with Crippen LogP contribution in [0.5, 0.6) is 11.5 Å².